The second-order valence-electron chi connectivity index (χ2n) is 5.00. The normalized spacial score (nSPS) is 18.9. The Labute approximate surface area is 104 Å². The van der Waals surface area contributed by atoms with E-state index in [1.807, 2.05) is 12.1 Å². The molecular weight excluding hydrogens is 212 g/mol. The van der Waals surface area contributed by atoms with E-state index in [2.05, 4.69) is 19.1 Å². The van der Waals surface area contributed by atoms with Crippen LogP contribution in [0.2, 0.25) is 0 Å². The van der Waals surface area contributed by atoms with Gasteiger partial charge >= 0.3 is 0 Å². The fourth-order valence-electron chi connectivity index (χ4n) is 2.53. The molecule has 0 spiro atoms. The number of ether oxygens (including phenoxy) is 1. The quantitative estimate of drug-likeness (QED) is 0.866. The zero-order valence-electron chi connectivity index (χ0n) is 10.6. The zero-order valence-corrected chi connectivity index (χ0v) is 10.6. The van der Waals surface area contributed by atoms with Crippen molar-refractivity contribution in [2.24, 2.45) is 0 Å². The second kappa shape index (κ2) is 5.54. The van der Waals surface area contributed by atoms with Gasteiger partial charge in [0.05, 0.1) is 6.61 Å². The Morgan fingerprint density at radius 2 is 1.76 bits per heavy atom. The van der Waals surface area contributed by atoms with Crippen molar-refractivity contribution in [3.63, 3.8) is 0 Å². The smallest absolute Gasteiger partial charge is 0.132 e. The first-order chi connectivity index (χ1) is 8.28. The lowest BCUT2D eigenvalue weighted by atomic mass is 9.85. The molecule has 17 heavy (non-hydrogen) atoms. The molecule has 1 fully saturated rings. The van der Waals surface area contributed by atoms with Gasteiger partial charge in [-0.15, -0.1) is 0 Å². The minimum atomic E-state index is -0.327. The van der Waals surface area contributed by atoms with Gasteiger partial charge in [-0.2, -0.15) is 0 Å². The Morgan fingerprint density at radius 3 is 2.29 bits per heavy atom. The molecule has 1 aromatic rings. The molecule has 0 unspecified atom stereocenters. The van der Waals surface area contributed by atoms with Crippen LogP contribution in [-0.4, -0.2) is 17.3 Å². The summed E-state index contributed by atoms with van der Waals surface area (Å²) < 4.78 is 6.04. The summed E-state index contributed by atoms with van der Waals surface area (Å²) in [7, 11) is 0. The van der Waals surface area contributed by atoms with Crippen molar-refractivity contribution in [2.75, 3.05) is 6.61 Å². The molecule has 0 amide bonds. The van der Waals surface area contributed by atoms with Crippen LogP contribution in [0.25, 0.3) is 0 Å². The summed E-state index contributed by atoms with van der Waals surface area (Å²) in [6.07, 6.45) is 6.57. The van der Waals surface area contributed by atoms with E-state index in [1.54, 1.807) is 0 Å². The molecule has 1 aliphatic carbocycles. The Hall–Kier alpha value is -1.02. The lowest BCUT2D eigenvalue weighted by Gasteiger charge is -2.36. The summed E-state index contributed by atoms with van der Waals surface area (Å²) in [6, 6.07) is 8.24. The van der Waals surface area contributed by atoms with Gasteiger partial charge in [-0.05, 0) is 49.8 Å². The molecular formula is C15H22O2. The minimum Gasteiger partial charge on any atom is -0.485 e. The molecule has 1 N–H and O–H groups in total. The van der Waals surface area contributed by atoms with E-state index in [9.17, 15) is 5.11 Å². The maximum absolute atomic E-state index is 9.58. The monoisotopic (exact) mass is 234 g/mol. The maximum Gasteiger partial charge on any atom is 0.132 e. The number of benzene rings is 1. The van der Waals surface area contributed by atoms with Crippen molar-refractivity contribution in [3.05, 3.63) is 29.8 Å². The first kappa shape index (κ1) is 12.4. The van der Waals surface area contributed by atoms with Crippen LogP contribution < -0.4 is 4.74 Å². The standard InChI is InChI=1S/C15H22O2/c1-2-13-6-8-14(9-7-13)17-15(12-16)10-4-3-5-11-15/h6-9,16H,2-5,10-12H2,1H3. The maximum atomic E-state index is 9.58. The number of hydrogen-bond acceptors (Lipinski definition) is 2. The molecule has 1 saturated carbocycles. The number of aryl methyl sites for hydroxylation is 1. The van der Waals surface area contributed by atoms with Crippen LogP contribution in [0.3, 0.4) is 0 Å². The lowest BCUT2D eigenvalue weighted by molar-refractivity contribution is -0.0198. The largest absolute Gasteiger partial charge is 0.485 e. The van der Waals surface area contributed by atoms with E-state index in [1.165, 1.54) is 12.0 Å². The summed E-state index contributed by atoms with van der Waals surface area (Å²) in [5.41, 5.74) is 0.991. The molecule has 2 nitrogen and oxygen atoms in total. The van der Waals surface area contributed by atoms with E-state index in [-0.39, 0.29) is 12.2 Å². The van der Waals surface area contributed by atoms with Gasteiger partial charge in [-0.25, -0.2) is 0 Å². The van der Waals surface area contributed by atoms with Crippen molar-refractivity contribution in [3.8, 4) is 5.75 Å². The van der Waals surface area contributed by atoms with Crippen molar-refractivity contribution in [1.82, 2.24) is 0 Å². The van der Waals surface area contributed by atoms with Crippen molar-refractivity contribution < 1.29 is 9.84 Å². The van der Waals surface area contributed by atoms with Gasteiger partial charge in [0.1, 0.15) is 11.4 Å². The van der Waals surface area contributed by atoms with Crippen LogP contribution in [0.15, 0.2) is 24.3 Å². The molecule has 1 aliphatic rings. The Bertz CT molecular complexity index is 336. The minimum absolute atomic E-state index is 0.128. The molecule has 0 aromatic heterocycles. The highest BCUT2D eigenvalue weighted by atomic mass is 16.5. The predicted molar refractivity (Wildman–Crippen MR) is 69.3 cm³/mol. The van der Waals surface area contributed by atoms with E-state index >= 15 is 0 Å². The summed E-state index contributed by atoms with van der Waals surface area (Å²) >= 11 is 0. The molecule has 0 bridgehead atoms. The highest BCUT2D eigenvalue weighted by molar-refractivity contribution is 5.28. The van der Waals surface area contributed by atoms with Gasteiger partial charge in [0.2, 0.25) is 0 Å². The van der Waals surface area contributed by atoms with E-state index in [4.69, 9.17) is 4.74 Å². The van der Waals surface area contributed by atoms with Crippen LogP contribution in [0, 0.1) is 0 Å². The average molecular weight is 234 g/mol. The first-order valence-electron chi connectivity index (χ1n) is 6.67. The number of rotatable bonds is 4. The van der Waals surface area contributed by atoms with E-state index in [0.29, 0.717) is 0 Å². The van der Waals surface area contributed by atoms with Crippen molar-refractivity contribution in [1.29, 1.82) is 0 Å². The van der Waals surface area contributed by atoms with Crippen molar-refractivity contribution >= 4 is 0 Å². The summed E-state index contributed by atoms with van der Waals surface area (Å²) in [5, 5.41) is 9.58. The predicted octanol–water partition coefficient (Wildman–Crippen LogP) is 3.32. The summed E-state index contributed by atoms with van der Waals surface area (Å²) in [5.74, 6) is 0.887. The Morgan fingerprint density at radius 1 is 1.12 bits per heavy atom. The molecule has 0 saturated heterocycles. The molecule has 2 heteroatoms. The molecule has 2 rings (SSSR count). The van der Waals surface area contributed by atoms with Crippen LogP contribution in [-0.2, 0) is 6.42 Å². The van der Waals surface area contributed by atoms with Crippen LogP contribution in [0.1, 0.15) is 44.6 Å². The van der Waals surface area contributed by atoms with Crippen LogP contribution >= 0.6 is 0 Å². The van der Waals surface area contributed by atoms with E-state index in [0.717, 1.165) is 37.9 Å². The van der Waals surface area contributed by atoms with Gasteiger partial charge in [0.15, 0.2) is 0 Å². The summed E-state index contributed by atoms with van der Waals surface area (Å²) in [4.78, 5) is 0. The molecule has 0 radical (unpaired) electrons. The highest BCUT2D eigenvalue weighted by Crippen LogP contribution is 2.32. The molecule has 94 valence electrons. The fraction of sp³-hybridized carbons (Fsp3) is 0.600. The average Bonchev–Trinajstić information content (AvgIpc) is 2.41. The number of aliphatic hydroxyl groups excluding tert-OH is 1. The fourth-order valence-corrected chi connectivity index (χ4v) is 2.53. The SMILES string of the molecule is CCc1ccc(OC2(CO)CCCCC2)cc1. The Balaban J connectivity index is 2.06. The van der Waals surface area contributed by atoms with Gasteiger partial charge in [-0.3, -0.25) is 0 Å². The third kappa shape index (κ3) is 3.01. The van der Waals surface area contributed by atoms with Gasteiger partial charge in [-0.1, -0.05) is 25.5 Å². The summed E-state index contributed by atoms with van der Waals surface area (Å²) in [6.45, 7) is 2.27. The Kier molecular flexibility index (Phi) is 4.06. The highest BCUT2D eigenvalue weighted by Gasteiger charge is 2.33. The van der Waals surface area contributed by atoms with Crippen LogP contribution in [0.5, 0.6) is 5.75 Å². The number of hydrogen-bond donors (Lipinski definition) is 1. The third-order valence-corrected chi connectivity index (χ3v) is 3.72. The third-order valence-electron chi connectivity index (χ3n) is 3.72. The van der Waals surface area contributed by atoms with E-state index < -0.39 is 0 Å². The van der Waals surface area contributed by atoms with Gasteiger partial charge < -0.3 is 9.84 Å². The molecule has 0 heterocycles. The van der Waals surface area contributed by atoms with Crippen molar-refractivity contribution in [2.45, 2.75) is 51.0 Å². The number of aliphatic hydroxyl groups is 1. The molecule has 0 aliphatic heterocycles. The second-order valence-corrected chi connectivity index (χ2v) is 5.00. The van der Waals surface area contributed by atoms with Crippen LogP contribution in [0.4, 0.5) is 0 Å². The topological polar surface area (TPSA) is 29.5 Å². The van der Waals surface area contributed by atoms with Gasteiger partial charge in [0, 0.05) is 0 Å². The zero-order chi connectivity index (χ0) is 12.1. The first-order valence-corrected chi connectivity index (χ1v) is 6.67. The molecule has 1 aromatic carbocycles. The van der Waals surface area contributed by atoms with Gasteiger partial charge in [0.25, 0.3) is 0 Å². The molecule has 0 atom stereocenters. The lowest BCUT2D eigenvalue weighted by Crippen LogP contribution is -2.41.